The Hall–Kier alpha value is -3.64. The predicted molar refractivity (Wildman–Crippen MR) is 164 cm³/mol. The minimum absolute atomic E-state index is 0.347. The average Bonchev–Trinajstić information content (AvgIpc) is 3.72. The summed E-state index contributed by atoms with van der Waals surface area (Å²) in [5.41, 5.74) is 2.71. The molecule has 0 saturated heterocycles. The second kappa shape index (κ2) is 11.6. The van der Waals surface area contributed by atoms with E-state index in [1.165, 1.54) is 21.2 Å². The molecule has 5 nitrogen and oxygen atoms in total. The summed E-state index contributed by atoms with van der Waals surface area (Å²) in [6.45, 7) is 6.24. The van der Waals surface area contributed by atoms with E-state index in [1.54, 1.807) is 0 Å². The van der Waals surface area contributed by atoms with E-state index in [9.17, 15) is 0 Å². The number of hydrogen-bond acceptors (Lipinski definition) is 6. The van der Waals surface area contributed by atoms with Crippen molar-refractivity contribution in [2.24, 2.45) is 21.8 Å². The van der Waals surface area contributed by atoms with E-state index in [4.69, 9.17) is 14.7 Å². The fourth-order valence-electron chi connectivity index (χ4n) is 5.64. The van der Waals surface area contributed by atoms with Crippen LogP contribution in [0.15, 0.2) is 94.2 Å². The zero-order chi connectivity index (χ0) is 26.6. The zero-order valence-electron chi connectivity index (χ0n) is 22.6. The summed E-state index contributed by atoms with van der Waals surface area (Å²) < 4.78 is 7.34. The van der Waals surface area contributed by atoms with Crippen LogP contribution in [0.25, 0.3) is 10.1 Å². The minimum Gasteiger partial charge on any atom is -0.457 e. The van der Waals surface area contributed by atoms with Crippen LogP contribution in [0, 0.1) is 11.8 Å². The average molecular weight is 537 g/mol. The first-order valence-electron chi connectivity index (χ1n) is 14.0. The molecule has 2 aliphatic heterocycles. The highest BCUT2D eigenvalue weighted by molar-refractivity contribution is 7.17. The Bertz CT molecular complexity index is 1460. The van der Waals surface area contributed by atoms with Crippen LogP contribution >= 0.6 is 11.3 Å². The van der Waals surface area contributed by atoms with Gasteiger partial charge in [-0.1, -0.05) is 62.4 Å². The molecule has 6 rings (SSSR count). The highest BCUT2D eigenvalue weighted by Crippen LogP contribution is 2.27. The van der Waals surface area contributed by atoms with Crippen molar-refractivity contribution in [1.29, 1.82) is 0 Å². The molecule has 6 heteroatoms. The summed E-state index contributed by atoms with van der Waals surface area (Å²) >= 11 is 1.84. The third kappa shape index (κ3) is 6.17. The Morgan fingerprint density at radius 3 is 2.15 bits per heavy atom. The van der Waals surface area contributed by atoms with Crippen LogP contribution in [0.4, 0.5) is 0 Å². The summed E-state index contributed by atoms with van der Waals surface area (Å²) in [7, 11) is 0. The first kappa shape index (κ1) is 25.6. The number of nitrogens with zero attached hydrogens (tertiary/aromatic N) is 2. The van der Waals surface area contributed by atoms with Crippen LogP contribution in [0.2, 0.25) is 0 Å². The SMILES string of the molecule is CC(Cc1ccc(Oc2ccccc2)cc1)C1=NCC(CC2CN=C([C@@H](C)Cc3cccc4ccsc34)N2)N1. The van der Waals surface area contributed by atoms with Gasteiger partial charge in [0.15, 0.2) is 0 Å². The molecule has 39 heavy (non-hydrogen) atoms. The second-order valence-electron chi connectivity index (χ2n) is 10.9. The standard InChI is InChI=1S/C33H36N4OS/c1-22(17-24-11-13-30(14-12-24)38-29-9-4-3-5-10-29)32-34-20-27(36-32)19-28-21-35-33(37-28)23(2)18-26-8-6-7-25-15-16-39-31(25)26/h3-16,22-23,27-28H,17-21H2,1-2H3,(H,34,36)(H,35,37)/t22?,23-,27?,28?/m0/s1. The Morgan fingerprint density at radius 1 is 0.769 bits per heavy atom. The van der Waals surface area contributed by atoms with Crippen LogP contribution in [0.3, 0.4) is 0 Å². The molecule has 3 aromatic carbocycles. The molecule has 2 aliphatic rings. The van der Waals surface area contributed by atoms with Gasteiger partial charge in [0.1, 0.15) is 11.5 Å². The smallest absolute Gasteiger partial charge is 0.127 e. The number of fused-ring (bicyclic) bond motifs is 1. The van der Waals surface area contributed by atoms with Gasteiger partial charge >= 0.3 is 0 Å². The number of rotatable bonds is 10. The maximum Gasteiger partial charge on any atom is 0.127 e. The number of aliphatic imine (C=N–C) groups is 2. The molecule has 3 unspecified atom stereocenters. The van der Waals surface area contributed by atoms with Gasteiger partial charge in [0.2, 0.25) is 0 Å². The number of para-hydroxylation sites is 1. The number of thiophene rings is 1. The van der Waals surface area contributed by atoms with Crippen LogP contribution in [0.5, 0.6) is 11.5 Å². The molecule has 3 heterocycles. The van der Waals surface area contributed by atoms with Crippen LogP contribution in [-0.4, -0.2) is 36.8 Å². The Kier molecular flexibility index (Phi) is 7.64. The lowest BCUT2D eigenvalue weighted by Crippen LogP contribution is -2.41. The molecular formula is C33H36N4OS. The highest BCUT2D eigenvalue weighted by atomic mass is 32.1. The van der Waals surface area contributed by atoms with E-state index < -0.39 is 0 Å². The quantitative estimate of drug-likeness (QED) is 0.232. The summed E-state index contributed by atoms with van der Waals surface area (Å²) in [6.07, 6.45) is 3.00. The Morgan fingerprint density at radius 2 is 1.44 bits per heavy atom. The molecule has 0 amide bonds. The van der Waals surface area contributed by atoms with Crippen molar-refractivity contribution in [2.45, 2.75) is 45.2 Å². The molecule has 0 saturated carbocycles. The van der Waals surface area contributed by atoms with Crippen LogP contribution < -0.4 is 15.4 Å². The third-order valence-corrected chi connectivity index (χ3v) is 8.71. The predicted octanol–water partition coefficient (Wildman–Crippen LogP) is 6.88. The van der Waals surface area contributed by atoms with Crippen molar-refractivity contribution in [3.63, 3.8) is 0 Å². The van der Waals surface area contributed by atoms with E-state index in [0.717, 1.165) is 55.5 Å². The van der Waals surface area contributed by atoms with Gasteiger partial charge in [-0.2, -0.15) is 0 Å². The van der Waals surface area contributed by atoms with Gasteiger partial charge in [-0.3, -0.25) is 9.98 Å². The highest BCUT2D eigenvalue weighted by Gasteiger charge is 2.28. The number of benzene rings is 3. The minimum atomic E-state index is 0.347. The molecule has 0 fully saturated rings. The summed E-state index contributed by atoms with van der Waals surface area (Å²) in [5.74, 6) is 4.73. The third-order valence-electron chi connectivity index (χ3n) is 7.70. The largest absolute Gasteiger partial charge is 0.457 e. The van der Waals surface area contributed by atoms with E-state index in [-0.39, 0.29) is 0 Å². The van der Waals surface area contributed by atoms with Crippen LogP contribution in [0.1, 0.15) is 31.4 Å². The van der Waals surface area contributed by atoms with Gasteiger partial charge in [0, 0.05) is 28.6 Å². The van der Waals surface area contributed by atoms with E-state index in [1.807, 2.05) is 53.8 Å². The van der Waals surface area contributed by atoms with Crippen molar-refractivity contribution >= 4 is 33.1 Å². The van der Waals surface area contributed by atoms with Gasteiger partial charge in [0.05, 0.1) is 24.8 Å². The normalized spacial score (nSPS) is 20.2. The maximum atomic E-state index is 5.93. The van der Waals surface area contributed by atoms with Crippen molar-refractivity contribution < 1.29 is 4.74 Å². The monoisotopic (exact) mass is 536 g/mol. The second-order valence-corrected chi connectivity index (χ2v) is 11.8. The Balaban J connectivity index is 0.955. The topological polar surface area (TPSA) is 58.0 Å². The van der Waals surface area contributed by atoms with Crippen LogP contribution in [-0.2, 0) is 12.8 Å². The lowest BCUT2D eigenvalue weighted by Gasteiger charge is -2.21. The summed E-state index contributed by atoms with van der Waals surface area (Å²) in [4.78, 5) is 9.78. The Labute approximate surface area is 235 Å². The first-order valence-corrected chi connectivity index (χ1v) is 14.9. The lowest BCUT2D eigenvalue weighted by atomic mass is 9.98. The van der Waals surface area contributed by atoms with Crippen molar-refractivity contribution in [3.8, 4) is 11.5 Å². The van der Waals surface area contributed by atoms with Gasteiger partial charge in [0.25, 0.3) is 0 Å². The van der Waals surface area contributed by atoms with E-state index >= 15 is 0 Å². The van der Waals surface area contributed by atoms with Gasteiger partial charge in [-0.15, -0.1) is 11.3 Å². The summed E-state index contributed by atoms with van der Waals surface area (Å²) in [6, 6.07) is 27.9. The molecule has 1 aromatic heterocycles. The van der Waals surface area contributed by atoms with Gasteiger partial charge < -0.3 is 15.4 Å². The summed E-state index contributed by atoms with van der Waals surface area (Å²) in [5, 5.41) is 11.0. The number of ether oxygens (including phenoxy) is 1. The van der Waals surface area contributed by atoms with Crippen molar-refractivity contribution in [2.75, 3.05) is 13.1 Å². The van der Waals surface area contributed by atoms with E-state index in [0.29, 0.717) is 23.9 Å². The zero-order valence-corrected chi connectivity index (χ0v) is 23.5. The number of amidine groups is 2. The van der Waals surface area contributed by atoms with E-state index in [2.05, 4.69) is 66.3 Å². The molecule has 0 aliphatic carbocycles. The van der Waals surface area contributed by atoms with Crippen molar-refractivity contribution in [3.05, 3.63) is 95.4 Å². The number of hydrogen-bond donors (Lipinski definition) is 2. The molecule has 0 spiro atoms. The maximum absolute atomic E-state index is 5.93. The van der Waals surface area contributed by atoms with Gasteiger partial charge in [-0.05, 0) is 71.5 Å². The molecule has 0 bridgehead atoms. The molecular weight excluding hydrogens is 500 g/mol. The molecule has 2 N–H and O–H groups in total. The first-order chi connectivity index (χ1) is 19.1. The van der Waals surface area contributed by atoms with Crippen molar-refractivity contribution in [1.82, 2.24) is 10.6 Å². The van der Waals surface area contributed by atoms with Gasteiger partial charge in [-0.25, -0.2) is 0 Å². The number of nitrogens with one attached hydrogen (secondary N) is 2. The fourth-order valence-corrected chi connectivity index (χ4v) is 6.56. The molecule has 4 atom stereocenters. The molecule has 4 aromatic rings. The lowest BCUT2D eigenvalue weighted by molar-refractivity contribution is 0.482. The molecule has 0 radical (unpaired) electrons. The molecule has 200 valence electrons. The fraction of sp³-hybridized carbons (Fsp3) is 0.333.